The molecule has 0 amide bonds. The van der Waals surface area contributed by atoms with Gasteiger partial charge in [-0.3, -0.25) is 9.69 Å². The van der Waals surface area contributed by atoms with Crippen molar-refractivity contribution in [1.82, 2.24) is 4.90 Å². The van der Waals surface area contributed by atoms with E-state index in [4.69, 9.17) is 4.42 Å². The topological polar surface area (TPSA) is 56.9 Å². The summed E-state index contributed by atoms with van der Waals surface area (Å²) in [5.74, 6) is 0.155. The third-order valence-corrected chi connectivity index (χ3v) is 6.58. The van der Waals surface area contributed by atoms with Crippen molar-refractivity contribution in [3.8, 4) is 16.9 Å². The quantitative estimate of drug-likeness (QED) is 0.423. The highest BCUT2D eigenvalue weighted by molar-refractivity contribution is 9.10. The number of piperazine rings is 1. The Balaban J connectivity index is 1.41. The van der Waals surface area contributed by atoms with Crippen LogP contribution in [0.3, 0.4) is 0 Å². The van der Waals surface area contributed by atoms with Gasteiger partial charge < -0.3 is 14.4 Å². The monoisotopic (exact) mass is 490 g/mol. The molecule has 5 nitrogen and oxygen atoms in total. The third kappa shape index (κ3) is 4.04. The minimum atomic E-state index is -0.0938. The van der Waals surface area contributed by atoms with Gasteiger partial charge in [-0.1, -0.05) is 46.3 Å². The molecule has 1 aromatic heterocycles. The summed E-state index contributed by atoms with van der Waals surface area (Å²) in [6.07, 6.45) is 1.50. The highest BCUT2D eigenvalue weighted by atomic mass is 79.9. The summed E-state index contributed by atoms with van der Waals surface area (Å²) in [6, 6.07) is 21.2. The fourth-order valence-corrected chi connectivity index (χ4v) is 4.52. The third-order valence-electron chi connectivity index (χ3n) is 6.05. The van der Waals surface area contributed by atoms with E-state index >= 15 is 0 Å². The molecule has 4 aromatic rings. The summed E-state index contributed by atoms with van der Waals surface area (Å²) in [7, 11) is 0. The molecule has 3 aromatic carbocycles. The van der Waals surface area contributed by atoms with Gasteiger partial charge in [0, 0.05) is 42.9 Å². The number of hydrogen-bond donors (Lipinski definition) is 1. The molecule has 5 rings (SSSR count). The summed E-state index contributed by atoms with van der Waals surface area (Å²) in [5.41, 5.74) is 3.57. The maximum absolute atomic E-state index is 13.2. The second-order valence-corrected chi connectivity index (χ2v) is 8.94. The van der Waals surface area contributed by atoms with Crippen molar-refractivity contribution in [1.29, 1.82) is 0 Å². The average molecular weight is 491 g/mol. The summed E-state index contributed by atoms with van der Waals surface area (Å²) >= 11 is 3.42. The molecule has 162 valence electrons. The Labute approximate surface area is 194 Å². The van der Waals surface area contributed by atoms with Crippen molar-refractivity contribution in [2.75, 3.05) is 31.1 Å². The second-order valence-electron chi connectivity index (χ2n) is 8.02. The van der Waals surface area contributed by atoms with Gasteiger partial charge in [-0.05, 0) is 42.0 Å². The van der Waals surface area contributed by atoms with Gasteiger partial charge in [-0.15, -0.1) is 0 Å². The van der Waals surface area contributed by atoms with Crippen LogP contribution >= 0.6 is 15.9 Å². The standard InChI is InChI=1S/C26H23BrN2O3/c27-19-8-6-18(7-9-19)23-17-32-26-21(25(23)31)10-11-24(30)22(26)16-28-12-14-29(15-13-28)20-4-2-1-3-5-20/h1-11,17,30H,12-16H2. The molecule has 0 atom stereocenters. The van der Waals surface area contributed by atoms with Crippen LogP contribution in [0.15, 0.2) is 86.7 Å². The molecule has 0 bridgehead atoms. The molecule has 1 fully saturated rings. The molecule has 1 aliphatic rings. The molecular weight excluding hydrogens is 468 g/mol. The first-order valence-corrected chi connectivity index (χ1v) is 11.4. The number of phenols is 1. The maximum atomic E-state index is 13.2. The van der Waals surface area contributed by atoms with E-state index in [-0.39, 0.29) is 11.2 Å². The molecule has 1 saturated heterocycles. The Hall–Kier alpha value is -3.09. The normalized spacial score (nSPS) is 14.7. The van der Waals surface area contributed by atoms with Crippen molar-refractivity contribution < 1.29 is 9.52 Å². The largest absolute Gasteiger partial charge is 0.507 e. The van der Waals surface area contributed by atoms with Crippen LogP contribution in [-0.2, 0) is 6.54 Å². The lowest BCUT2D eigenvalue weighted by Gasteiger charge is -2.36. The van der Waals surface area contributed by atoms with E-state index in [1.165, 1.54) is 12.0 Å². The van der Waals surface area contributed by atoms with Crippen molar-refractivity contribution in [3.63, 3.8) is 0 Å². The van der Waals surface area contributed by atoms with E-state index in [0.29, 0.717) is 28.6 Å². The lowest BCUT2D eigenvalue weighted by Crippen LogP contribution is -2.46. The maximum Gasteiger partial charge on any atom is 0.200 e. The molecule has 2 heterocycles. The number of nitrogens with zero attached hydrogens (tertiary/aromatic N) is 2. The first kappa shape index (κ1) is 20.8. The number of halogens is 1. The van der Waals surface area contributed by atoms with Gasteiger partial charge in [0.05, 0.1) is 16.5 Å². The number of rotatable bonds is 4. The first-order valence-electron chi connectivity index (χ1n) is 10.6. The number of anilines is 1. The molecule has 1 N–H and O–H groups in total. The number of fused-ring (bicyclic) bond motifs is 1. The van der Waals surface area contributed by atoms with Gasteiger partial charge in [-0.2, -0.15) is 0 Å². The molecule has 1 aliphatic heterocycles. The highest BCUT2D eigenvalue weighted by Crippen LogP contribution is 2.30. The van der Waals surface area contributed by atoms with Gasteiger partial charge >= 0.3 is 0 Å². The lowest BCUT2D eigenvalue weighted by atomic mass is 10.0. The minimum Gasteiger partial charge on any atom is -0.507 e. The van der Waals surface area contributed by atoms with Crippen molar-refractivity contribution >= 4 is 32.6 Å². The number of hydrogen-bond acceptors (Lipinski definition) is 5. The fraction of sp³-hybridized carbons (Fsp3) is 0.192. The van der Waals surface area contributed by atoms with Crippen LogP contribution in [0.1, 0.15) is 5.56 Å². The van der Waals surface area contributed by atoms with Gasteiger partial charge in [0.15, 0.2) is 0 Å². The van der Waals surface area contributed by atoms with Gasteiger partial charge in [0.2, 0.25) is 5.43 Å². The Morgan fingerprint density at radius 1 is 0.906 bits per heavy atom. The Bertz CT molecular complexity index is 1290. The summed E-state index contributed by atoms with van der Waals surface area (Å²) in [4.78, 5) is 17.8. The molecule has 0 spiro atoms. The first-order chi connectivity index (χ1) is 15.6. The predicted molar refractivity (Wildman–Crippen MR) is 131 cm³/mol. The van der Waals surface area contributed by atoms with Crippen LogP contribution in [-0.4, -0.2) is 36.2 Å². The van der Waals surface area contributed by atoms with Crippen molar-refractivity contribution in [2.45, 2.75) is 6.54 Å². The van der Waals surface area contributed by atoms with Gasteiger partial charge in [0.1, 0.15) is 17.6 Å². The predicted octanol–water partition coefficient (Wildman–Crippen LogP) is 5.25. The molecule has 0 unspecified atom stereocenters. The highest BCUT2D eigenvalue weighted by Gasteiger charge is 2.21. The molecule has 0 radical (unpaired) electrons. The van der Waals surface area contributed by atoms with E-state index in [0.717, 1.165) is 36.2 Å². The van der Waals surface area contributed by atoms with Crippen molar-refractivity contribution in [3.05, 3.63) is 93.3 Å². The number of phenolic OH excluding ortho intramolecular Hbond substituents is 1. The lowest BCUT2D eigenvalue weighted by molar-refractivity contribution is 0.246. The van der Waals surface area contributed by atoms with E-state index < -0.39 is 0 Å². The Kier molecular flexibility index (Phi) is 5.72. The van der Waals surface area contributed by atoms with Crippen LogP contribution in [0.2, 0.25) is 0 Å². The molecule has 32 heavy (non-hydrogen) atoms. The van der Waals surface area contributed by atoms with E-state index in [9.17, 15) is 9.90 Å². The Morgan fingerprint density at radius 3 is 2.34 bits per heavy atom. The zero-order valence-electron chi connectivity index (χ0n) is 17.5. The minimum absolute atomic E-state index is 0.0938. The van der Waals surface area contributed by atoms with Crippen LogP contribution in [0.4, 0.5) is 5.69 Å². The molecule has 0 saturated carbocycles. The number of aromatic hydroxyl groups is 1. The fourth-order valence-electron chi connectivity index (χ4n) is 4.26. The van der Waals surface area contributed by atoms with E-state index in [2.05, 4.69) is 50.0 Å². The molecular formula is C26H23BrN2O3. The second kappa shape index (κ2) is 8.81. The summed E-state index contributed by atoms with van der Waals surface area (Å²) < 4.78 is 6.89. The molecule has 6 heteroatoms. The smallest absolute Gasteiger partial charge is 0.200 e. The SMILES string of the molecule is O=c1c(-c2ccc(Br)cc2)coc2c(CN3CCN(c4ccccc4)CC3)c(O)ccc12. The zero-order valence-corrected chi connectivity index (χ0v) is 19.1. The number of para-hydroxylation sites is 1. The van der Waals surface area contributed by atoms with Crippen LogP contribution in [0.25, 0.3) is 22.1 Å². The van der Waals surface area contributed by atoms with Crippen LogP contribution in [0, 0.1) is 0 Å². The average Bonchev–Trinajstić information content (AvgIpc) is 2.83. The summed E-state index contributed by atoms with van der Waals surface area (Å²) in [5, 5.41) is 11.1. The van der Waals surface area contributed by atoms with Crippen molar-refractivity contribution in [2.24, 2.45) is 0 Å². The summed E-state index contributed by atoms with van der Waals surface area (Å²) in [6.45, 7) is 4.09. The van der Waals surface area contributed by atoms with Gasteiger partial charge in [-0.25, -0.2) is 0 Å². The van der Waals surface area contributed by atoms with E-state index in [1.54, 1.807) is 12.1 Å². The number of benzene rings is 3. The van der Waals surface area contributed by atoms with E-state index in [1.807, 2.05) is 30.3 Å². The van der Waals surface area contributed by atoms with Gasteiger partial charge in [0.25, 0.3) is 0 Å². The zero-order chi connectivity index (χ0) is 22.1. The Morgan fingerprint density at radius 2 is 1.62 bits per heavy atom. The molecule has 0 aliphatic carbocycles. The van der Waals surface area contributed by atoms with Crippen LogP contribution < -0.4 is 10.3 Å². The van der Waals surface area contributed by atoms with Crippen LogP contribution in [0.5, 0.6) is 5.75 Å².